The molecule has 0 bridgehead atoms. The van der Waals surface area contributed by atoms with Gasteiger partial charge in [0.2, 0.25) is 0 Å². The summed E-state index contributed by atoms with van der Waals surface area (Å²) in [4.78, 5) is 9.07. The summed E-state index contributed by atoms with van der Waals surface area (Å²) in [6, 6.07) is 10.5. The first-order chi connectivity index (χ1) is 10.8. The largest absolute Gasteiger partial charge is 0.381 e. The van der Waals surface area contributed by atoms with Gasteiger partial charge in [-0.05, 0) is 36.6 Å². The second-order valence-corrected chi connectivity index (χ2v) is 5.59. The summed E-state index contributed by atoms with van der Waals surface area (Å²) in [5.74, 6) is 1.01. The van der Waals surface area contributed by atoms with E-state index < -0.39 is 0 Å². The van der Waals surface area contributed by atoms with Crippen molar-refractivity contribution in [2.45, 2.75) is 12.8 Å². The van der Waals surface area contributed by atoms with E-state index in [1.807, 2.05) is 22.8 Å². The zero-order valence-electron chi connectivity index (χ0n) is 12.1. The van der Waals surface area contributed by atoms with E-state index in [0.29, 0.717) is 17.3 Å². The molecule has 0 radical (unpaired) electrons. The topological polar surface area (TPSA) is 39.9 Å². The third kappa shape index (κ3) is 2.27. The minimum absolute atomic E-state index is 0.267. The fourth-order valence-electron chi connectivity index (χ4n) is 2.98. The number of ether oxygens (including phenoxy) is 1. The maximum Gasteiger partial charge on any atom is 0.164 e. The molecule has 1 aromatic carbocycles. The number of hydrogen-bond acceptors (Lipinski definition) is 3. The van der Waals surface area contributed by atoms with E-state index in [0.717, 1.165) is 37.4 Å². The average molecular weight is 297 g/mol. The lowest BCUT2D eigenvalue weighted by atomic mass is 10.0. The van der Waals surface area contributed by atoms with Gasteiger partial charge in [-0.25, -0.2) is 14.4 Å². The number of aromatic nitrogens is 3. The highest BCUT2D eigenvalue weighted by atomic mass is 19.1. The zero-order valence-corrected chi connectivity index (χ0v) is 12.1. The lowest BCUT2D eigenvalue weighted by Crippen LogP contribution is -2.10. The summed E-state index contributed by atoms with van der Waals surface area (Å²) < 4.78 is 21.6. The number of pyridine rings is 1. The Morgan fingerprint density at radius 3 is 2.95 bits per heavy atom. The predicted octanol–water partition coefficient (Wildman–Crippen LogP) is 3.14. The van der Waals surface area contributed by atoms with Crippen LogP contribution in [-0.2, 0) is 11.2 Å². The summed E-state index contributed by atoms with van der Waals surface area (Å²) in [5, 5.41) is 0. The fourth-order valence-corrected chi connectivity index (χ4v) is 2.98. The van der Waals surface area contributed by atoms with Crippen LogP contribution in [0, 0.1) is 11.7 Å². The molecule has 3 heterocycles. The predicted molar refractivity (Wildman–Crippen MR) is 81.5 cm³/mol. The molecule has 3 aromatic rings. The molecule has 1 unspecified atom stereocenters. The Morgan fingerprint density at radius 1 is 1.23 bits per heavy atom. The van der Waals surface area contributed by atoms with Gasteiger partial charge in [0.05, 0.1) is 5.69 Å². The molecule has 1 aliphatic rings. The molecule has 0 amide bonds. The van der Waals surface area contributed by atoms with Gasteiger partial charge in [0, 0.05) is 25.8 Å². The van der Waals surface area contributed by atoms with E-state index in [4.69, 9.17) is 4.74 Å². The second kappa shape index (κ2) is 5.50. The summed E-state index contributed by atoms with van der Waals surface area (Å²) >= 11 is 0. The monoisotopic (exact) mass is 297 g/mol. The molecule has 4 nitrogen and oxygen atoms in total. The van der Waals surface area contributed by atoms with Crippen LogP contribution in [0.5, 0.6) is 0 Å². The number of imidazole rings is 1. The lowest BCUT2D eigenvalue weighted by molar-refractivity contribution is 0.185. The van der Waals surface area contributed by atoms with Gasteiger partial charge < -0.3 is 4.74 Å². The van der Waals surface area contributed by atoms with Crippen LogP contribution >= 0.6 is 0 Å². The standard InChI is InChI=1S/C17H16FN3O/c18-13-4-1-2-6-15(13)21-16(10-12-7-9-22-11-12)20-14-5-3-8-19-17(14)21/h1-6,8,12H,7,9-11H2. The van der Waals surface area contributed by atoms with E-state index in [-0.39, 0.29) is 5.82 Å². The molecule has 112 valence electrons. The minimum Gasteiger partial charge on any atom is -0.381 e. The highest BCUT2D eigenvalue weighted by Gasteiger charge is 2.22. The average Bonchev–Trinajstić information content (AvgIpc) is 3.16. The summed E-state index contributed by atoms with van der Waals surface area (Å²) in [7, 11) is 0. The summed E-state index contributed by atoms with van der Waals surface area (Å²) in [6.07, 6.45) is 3.50. The van der Waals surface area contributed by atoms with Crippen molar-refractivity contribution in [1.29, 1.82) is 0 Å². The maximum atomic E-state index is 14.3. The molecule has 4 rings (SSSR count). The first-order valence-electron chi connectivity index (χ1n) is 7.48. The van der Waals surface area contributed by atoms with Crippen LogP contribution in [0.1, 0.15) is 12.2 Å². The molecule has 0 aliphatic carbocycles. The van der Waals surface area contributed by atoms with E-state index >= 15 is 0 Å². The third-order valence-electron chi connectivity index (χ3n) is 4.07. The molecule has 1 atom stereocenters. The van der Waals surface area contributed by atoms with E-state index in [9.17, 15) is 4.39 Å². The fraction of sp³-hybridized carbons (Fsp3) is 0.294. The smallest absolute Gasteiger partial charge is 0.164 e. The Bertz CT molecular complexity index is 809. The van der Waals surface area contributed by atoms with Gasteiger partial charge in [-0.3, -0.25) is 4.57 Å². The lowest BCUT2D eigenvalue weighted by Gasteiger charge is -2.12. The number of halogens is 1. The molecule has 1 aliphatic heterocycles. The Kier molecular flexibility index (Phi) is 3.35. The first kappa shape index (κ1) is 13.4. The molecule has 2 aromatic heterocycles. The number of nitrogens with zero attached hydrogens (tertiary/aromatic N) is 3. The highest BCUT2D eigenvalue weighted by molar-refractivity contribution is 5.73. The van der Waals surface area contributed by atoms with Crippen molar-refractivity contribution < 1.29 is 9.13 Å². The molecule has 1 saturated heterocycles. The molecule has 1 fully saturated rings. The highest BCUT2D eigenvalue weighted by Crippen LogP contribution is 2.25. The van der Waals surface area contributed by atoms with Crippen LogP contribution in [-0.4, -0.2) is 27.7 Å². The van der Waals surface area contributed by atoms with Gasteiger partial charge in [-0.1, -0.05) is 12.1 Å². The number of fused-ring (bicyclic) bond motifs is 1. The van der Waals surface area contributed by atoms with E-state index in [2.05, 4.69) is 9.97 Å². The van der Waals surface area contributed by atoms with Crippen molar-refractivity contribution >= 4 is 11.2 Å². The zero-order chi connectivity index (χ0) is 14.9. The first-order valence-corrected chi connectivity index (χ1v) is 7.48. The van der Waals surface area contributed by atoms with Crippen LogP contribution < -0.4 is 0 Å². The SMILES string of the molecule is Fc1ccccc1-n1c(CC2CCOC2)nc2cccnc21. The molecule has 0 N–H and O–H groups in total. The van der Waals surface area contributed by atoms with Crippen molar-refractivity contribution in [3.05, 3.63) is 54.2 Å². The van der Waals surface area contributed by atoms with Crippen molar-refractivity contribution in [2.24, 2.45) is 5.92 Å². The van der Waals surface area contributed by atoms with E-state index in [1.165, 1.54) is 6.07 Å². The van der Waals surface area contributed by atoms with Crippen molar-refractivity contribution in [2.75, 3.05) is 13.2 Å². The quantitative estimate of drug-likeness (QED) is 0.745. The molecule has 0 saturated carbocycles. The Labute approximate surface area is 127 Å². The van der Waals surface area contributed by atoms with Crippen LogP contribution in [0.2, 0.25) is 0 Å². The third-order valence-corrected chi connectivity index (χ3v) is 4.07. The minimum atomic E-state index is -0.267. The van der Waals surface area contributed by atoms with Gasteiger partial charge in [0.1, 0.15) is 17.2 Å². The van der Waals surface area contributed by atoms with Crippen LogP contribution in [0.3, 0.4) is 0 Å². The Balaban J connectivity index is 1.88. The number of para-hydroxylation sites is 1. The van der Waals surface area contributed by atoms with Gasteiger partial charge in [-0.2, -0.15) is 0 Å². The summed E-state index contributed by atoms with van der Waals surface area (Å²) in [6.45, 7) is 1.54. The van der Waals surface area contributed by atoms with E-state index in [1.54, 1.807) is 18.3 Å². The van der Waals surface area contributed by atoms with Crippen molar-refractivity contribution in [3.63, 3.8) is 0 Å². The van der Waals surface area contributed by atoms with Crippen LogP contribution in [0.4, 0.5) is 4.39 Å². The van der Waals surface area contributed by atoms with Crippen molar-refractivity contribution in [3.8, 4) is 5.69 Å². The van der Waals surface area contributed by atoms with Crippen molar-refractivity contribution in [1.82, 2.24) is 14.5 Å². The molecular weight excluding hydrogens is 281 g/mol. The number of rotatable bonds is 3. The number of benzene rings is 1. The van der Waals surface area contributed by atoms with Gasteiger partial charge >= 0.3 is 0 Å². The maximum absolute atomic E-state index is 14.3. The van der Waals surface area contributed by atoms with Gasteiger partial charge in [-0.15, -0.1) is 0 Å². The molecule has 22 heavy (non-hydrogen) atoms. The molecular formula is C17H16FN3O. The second-order valence-electron chi connectivity index (χ2n) is 5.59. The van der Waals surface area contributed by atoms with Gasteiger partial charge in [0.15, 0.2) is 5.65 Å². The molecule has 0 spiro atoms. The van der Waals surface area contributed by atoms with Gasteiger partial charge in [0.25, 0.3) is 0 Å². The van der Waals surface area contributed by atoms with Crippen LogP contribution in [0.25, 0.3) is 16.9 Å². The Morgan fingerprint density at radius 2 is 2.14 bits per heavy atom. The molecule has 5 heteroatoms. The normalized spacial score (nSPS) is 18.1. The van der Waals surface area contributed by atoms with Crippen LogP contribution in [0.15, 0.2) is 42.6 Å². The Hall–Kier alpha value is -2.27. The summed E-state index contributed by atoms with van der Waals surface area (Å²) in [5.41, 5.74) is 1.98. The number of hydrogen-bond donors (Lipinski definition) is 0.